The van der Waals surface area contributed by atoms with Crippen molar-refractivity contribution in [3.05, 3.63) is 18.0 Å². The molecule has 1 saturated carbocycles. The van der Waals surface area contributed by atoms with E-state index < -0.39 is 0 Å². The lowest BCUT2D eigenvalue weighted by atomic mass is 10.0. The highest BCUT2D eigenvalue weighted by atomic mass is 15.4. The van der Waals surface area contributed by atoms with Crippen LogP contribution in [0.1, 0.15) is 31.5 Å². The Hall–Kier alpha value is -1.69. The van der Waals surface area contributed by atoms with E-state index in [4.69, 9.17) is 0 Å². The Bertz CT molecular complexity index is 654. The number of rotatable bonds is 4. The molecule has 0 atom stereocenters. The molecule has 4 rings (SSSR count). The minimum atomic E-state index is 0.667. The quantitative estimate of drug-likeness (QED) is 0.861. The largest absolute Gasteiger partial charge is 0.352 e. The highest BCUT2D eigenvalue weighted by molar-refractivity contribution is 5.47. The molecule has 22 heavy (non-hydrogen) atoms. The first-order chi connectivity index (χ1) is 10.7. The van der Waals surface area contributed by atoms with E-state index in [1.54, 1.807) is 0 Å². The van der Waals surface area contributed by atoms with Crippen LogP contribution in [0.5, 0.6) is 0 Å². The Balaban J connectivity index is 1.38. The standard InChI is InChI=1S/C16H24N6/c1-12-17-18-15-7-8-16(19-22(12)15)21-10-14(11-21)20(2)9-13-5-3-4-6-13/h7-8,13-14H,3-6,9-11H2,1-2H3. The summed E-state index contributed by atoms with van der Waals surface area (Å²) < 4.78 is 1.82. The molecule has 0 spiro atoms. The first-order valence-electron chi connectivity index (χ1n) is 8.35. The Labute approximate surface area is 131 Å². The normalized spacial score (nSPS) is 20.2. The van der Waals surface area contributed by atoms with Crippen molar-refractivity contribution in [1.82, 2.24) is 24.7 Å². The van der Waals surface area contributed by atoms with Crippen molar-refractivity contribution in [2.45, 2.75) is 38.6 Å². The predicted octanol–water partition coefficient (Wildman–Crippen LogP) is 1.74. The van der Waals surface area contributed by atoms with Crippen molar-refractivity contribution in [2.75, 3.05) is 31.6 Å². The predicted molar refractivity (Wildman–Crippen MR) is 86.1 cm³/mol. The van der Waals surface area contributed by atoms with Crippen molar-refractivity contribution >= 4 is 11.5 Å². The van der Waals surface area contributed by atoms with E-state index in [2.05, 4.69) is 38.2 Å². The lowest BCUT2D eigenvalue weighted by Gasteiger charge is -2.45. The number of aryl methyl sites for hydroxylation is 1. The van der Waals surface area contributed by atoms with Gasteiger partial charge in [-0.1, -0.05) is 12.8 Å². The third kappa shape index (κ3) is 2.45. The fraction of sp³-hybridized carbons (Fsp3) is 0.688. The minimum absolute atomic E-state index is 0.667. The summed E-state index contributed by atoms with van der Waals surface area (Å²) in [5, 5.41) is 12.8. The fourth-order valence-electron chi connectivity index (χ4n) is 3.73. The lowest BCUT2D eigenvalue weighted by molar-refractivity contribution is 0.177. The van der Waals surface area contributed by atoms with Gasteiger partial charge < -0.3 is 4.90 Å². The maximum absolute atomic E-state index is 4.65. The molecule has 0 bridgehead atoms. The van der Waals surface area contributed by atoms with Crippen molar-refractivity contribution in [2.24, 2.45) is 5.92 Å². The molecule has 3 heterocycles. The van der Waals surface area contributed by atoms with E-state index in [0.717, 1.165) is 36.3 Å². The molecule has 2 aromatic rings. The average Bonchev–Trinajstić information content (AvgIpc) is 3.08. The molecule has 1 aliphatic heterocycles. The van der Waals surface area contributed by atoms with Crippen LogP contribution in [0.15, 0.2) is 12.1 Å². The molecule has 6 nitrogen and oxygen atoms in total. The molecule has 2 fully saturated rings. The summed E-state index contributed by atoms with van der Waals surface area (Å²) in [7, 11) is 2.28. The van der Waals surface area contributed by atoms with Crippen molar-refractivity contribution in [1.29, 1.82) is 0 Å². The van der Waals surface area contributed by atoms with Gasteiger partial charge in [0.1, 0.15) is 5.82 Å². The van der Waals surface area contributed by atoms with Crippen LogP contribution in [0.2, 0.25) is 0 Å². The van der Waals surface area contributed by atoms with Gasteiger partial charge >= 0.3 is 0 Å². The smallest absolute Gasteiger partial charge is 0.178 e. The summed E-state index contributed by atoms with van der Waals surface area (Å²) in [6.45, 7) is 5.34. The summed E-state index contributed by atoms with van der Waals surface area (Å²) in [5.74, 6) is 2.79. The van der Waals surface area contributed by atoms with Gasteiger partial charge in [0.2, 0.25) is 0 Å². The van der Waals surface area contributed by atoms with E-state index in [-0.39, 0.29) is 0 Å². The topological polar surface area (TPSA) is 49.6 Å². The van der Waals surface area contributed by atoms with Gasteiger partial charge in [-0.3, -0.25) is 4.90 Å². The Kier molecular flexibility index (Phi) is 3.48. The van der Waals surface area contributed by atoms with Crippen LogP contribution in [0.3, 0.4) is 0 Å². The second-order valence-corrected chi connectivity index (χ2v) is 6.86. The molecule has 0 unspecified atom stereocenters. The summed E-state index contributed by atoms with van der Waals surface area (Å²) in [6.07, 6.45) is 5.70. The van der Waals surface area contributed by atoms with Gasteiger partial charge in [0.15, 0.2) is 11.5 Å². The third-order valence-electron chi connectivity index (χ3n) is 5.24. The number of nitrogens with zero attached hydrogens (tertiary/aromatic N) is 6. The maximum atomic E-state index is 4.65. The van der Waals surface area contributed by atoms with Crippen LogP contribution in [-0.2, 0) is 0 Å². The van der Waals surface area contributed by atoms with Crippen LogP contribution in [0, 0.1) is 12.8 Å². The molecular weight excluding hydrogens is 276 g/mol. The molecule has 2 aromatic heterocycles. The van der Waals surface area contributed by atoms with Gasteiger partial charge in [0.05, 0.1) is 0 Å². The monoisotopic (exact) mass is 300 g/mol. The zero-order chi connectivity index (χ0) is 15.1. The summed E-state index contributed by atoms with van der Waals surface area (Å²) in [4.78, 5) is 4.89. The highest BCUT2D eigenvalue weighted by Gasteiger charge is 2.32. The Morgan fingerprint density at radius 3 is 2.73 bits per heavy atom. The number of hydrogen-bond acceptors (Lipinski definition) is 5. The molecule has 1 saturated heterocycles. The van der Waals surface area contributed by atoms with Gasteiger partial charge in [-0.25, -0.2) is 0 Å². The second-order valence-electron chi connectivity index (χ2n) is 6.86. The van der Waals surface area contributed by atoms with Gasteiger partial charge in [-0.15, -0.1) is 15.3 Å². The zero-order valence-corrected chi connectivity index (χ0v) is 13.4. The molecule has 0 N–H and O–H groups in total. The first kappa shape index (κ1) is 13.9. The summed E-state index contributed by atoms with van der Waals surface area (Å²) in [5.41, 5.74) is 0.816. The van der Waals surface area contributed by atoms with E-state index in [1.165, 1.54) is 32.2 Å². The number of aromatic nitrogens is 4. The minimum Gasteiger partial charge on any atom is -0.352 e. The van der Waals surface area contributed by atoms with Crippen molar-refractivity contribution in [3.63, 3.8) is 0 Å². The SMILES string of the molecule is Cc1nnc2ccc(N3CC(N(C)CC4CCCC4)C3)nn12. The highest BCUT2D eigenvalue weighted by Crippen LogP contribution is 2.27. The van der Waals surface area contributed by atoms with Crippen LogP contribution in [0.4, 0.5) is 5.82 Å². The number of fused-ring (bicyclic) bond motifs is 1. The molecule has 0 amide bonds. The molecule has 2 aliphatic rings. The van der Waals surface area contributed by atoms with Crippen LogP contribution >= 0.6 is 0 Å². The number of likely N-dealkylation sites (N-methyl/N-ethyl adjacent to an activating group) is 1. The molecule has 118 valence electrons. The van der Waals surface area contributed by atoms with E-state index in [0.29, 0.717) is 6.04 Å². The Morgan fingerprint density at radius 2 is 1.95 bits per heavy atom. The second kappa shape index (κ2) is 5.50. The number of hydrogen-bond donors (Lipinski definition) is 0. The van der Waals surface area contributed by atoms with Crippen LogP contribution < -0.4 is 4.90 Å². The molecule has 0 aromatic carbocycles. The maximum Gasteiger partial charge on any atom is 0.178 e. The lowest BCUT2D eigenvalue weighted by Crippen LogP contribution is -2.59. The molecule has 1 aliphatic carbocycles. The van der Waals surface area contributed by atoms with Crippen molar-refractivity contribution < 1.29 is 0 Å². The number of anilines is 1. The van der Waals surface area contributed by atoms with Gasteiger partial charge in [0.25, 0.3) is 0 Å². The zero-order valence-electron chi connectivity index (χ0n) is 13.4. The van der Waals surface area contributed by atoms with E-state index in [9.17, 15) is 0 Å². The van der Waals surface area contributed by atoms with Gasteiger partial charge in [-0.2, -0.15) is 4.52 Å². The molecule has 0 radical (unpaired) electrons. The van der Waals surface area contributed by atoms with E-state index >= 15 is 0 Å². The average molecular weight is 300 g/mol. The summed E-state index contributed by atoms with van der Waals surface area (Å²) >= 11 is 0. The van der Waals surface area contributed by atoms with Crippen LogP contribution in [-0.4, -0.2) is 57.4 Å². The summed E-state index contributed by atoms with van der Waals surface area (Å²) in [6, 6.07) is 4.72. The van der Waals surface area contributed by atoms with Gasteiger partial charge in [-0.05, 0) is 44.9 Å². The molecular formula is C16H24N6. The Morgan fingerprint density at radius 1 is 1.18 bits per heavy atom. The van der Waals surface area contributed by atoms with E-state index in [1.807, 2.05) is 17.5 Å². The molecule has 6 heteroatoms. The van der Waals surface area contributed by atoms with Gasteiger partial charge in [0, 0.05) is 25.7 Å². The fourth-order valence-corrected chi connectivity index (χ4v) is 3.73. The van der Waals surface area contributed by atoms with Crippen LogP contribution in [0.25, 0.3) is 5.65 Å². The first-order valence-corrected chi connectivity index (χ1v) is 8.35. The van der Waals surface area contributed by atoms with Crippen molar-refractivity contribution in [3.8, 4) is 0 Å². The third-order valence-corrected chi connectivity index (χ3v) is 5.24.